The van der Waals surface area contributed by atoms with Gasteiger partial charge in [-0.3, -0.25) is 0 Å². The molecule has 5 nitrogen and oxygen atoms in total. The van der Waals surface area contributed by atoms with Crippen molar-refractivity contribution in [2.45, 2.75) is 64.6 Å². The molecule has 2 atom stereocenters. The maximum Gasteiger partial charge on any atom is 0.416 e. The van der Waals surface area contributed by atoms with Gasteiger partial charge in [-0.1, -0.05) is 13.0 Å². The number of alkyl halides is 3. The van der Waals surface area contributed by atoms with Gasteiger partial charge in [-0.2, -0.15) is 13.2 Å². The van der Waals surface area contributed by atoms with Crippen molar-refractivity contribution in [2.24, 2.45) is 0 Å². The quantitative estimate of drug-likeness (QED) is 0.818. The van der Waals surface area contributed by atoms with Crippen LogP contribution < -0.4 is 5.32 Å². The van der Waals surface area contributed by atoms with Gasteiger partial charge in [0.2, 0.25) is 0 Å². The van der Waals surface area contributed by atoms with Gasteiger partial charge >= 0.3 is 12.3 Å². The first-order valence-corrected chi connectivity index (χ1v) is 8.90. The number of carbonyl (C=O) groups excluding carboxylic acids is 1. The van der Waals surface area contributed by atoms with Gasteiger partial charge in [0.1, 0.15) is 11.7 Å². The van der Waals surface area contributed by atoms with E-state index in [1.165, 1.54) is 6.07 Å². The van der Waals surface area contributed by atoms with E-state index >= 15 is 0 Å². The molecule has 0 aliphatic carbocycles. The summed E-state index contributed by atoms with van der Waals surface area (Å²) in [5.41, 5.74) is -0.552. The zero-order valence-corrected chi connectivity index (χ0v) is 16.0. The first-order chi connectivity index (χ1) is 12.5. The van der Waals surface area contributed by atoms with Crippen LogP contribution in [0.1, 0.15) is 56.8 Å². The first-order valence-electron chi connectivity index (χ1n) is 8.90. The number of ether oxygens (including phenoxy) is 3. The number of amides is 1. The van der Waals surface area contributed by atoms with Crippen molar-refractivity contribution in [2.75, 3.05) is 13.2 Å². The highest BCUT2D eigenvalue weighted by atomic mass is 19.4. The van der Waals surface area contributed by atoms with Crippen LogP contribution in [0.15, 0.2) is 18.2 Å². The number of carbonyl (C=O) groups is 1. The van der Waals surface area contributed by atoms with Crippen molar-refractivity contribution in [3.63, 3.8) is 0 Å². The maximum absolute atomic E-state index is 13.0. The van der Waals surface area contributed by atoms with Gasteiger partial charge in [0.25, 0.3) is 0 Å². The van der Waals surface area contributed by atoms with E-state index in [1.807, 2.05) is 6.92 Å². The third kappa shape index (κ3) is 6.10. The monoisotopic (exact) mass is 389 g/mol. The Morgan fingerprint density at radius 2 is 2.00 bits per heavy atom. The lowest BCUT2D eigenvalue weighted by molar-refractivity contribution is -0.137. The van der Waals surface area contributed by atoms with E-state index in [1.54, 1.807) is 20.8 Å². The minimum atomic E-state index is -4.45. The molecule has 1 amide bonds. The van der Waals surface area contributed by atoms with Crippen LogP contribution in [0.2, 0.25) is 0 Å². The van der Waals surface area contributed by atoms with Gasteiger partial charge in [0.15, 0.2) is 0 Å². The number of halogens is 3. The highest BCUT2D eigenvalue weighted by molar-refractivity contribution is 5.68. The van der Waals surface area contributed by atoms with Gasteiger partial charge in [0, 0.05) is 6.61 Å². The smallest absolute Gasteiger partial charge is 0.416 e. The number of hydrogen-bond donors (Lipinski definition) is 1. The fourth-order valence-corrected chi connectivity index (χ4v) is 2.81. The average molecular weight is 389 g/mol. The summed E-state index contributed by atoms with van der Waals surface area (Å²) in [6.07, 6.45) is -4.89. The number of hydrogen-bond acceptors (Lipinski definition) is 4. The molecule has 1 aromatic carbocycles. The van der Waals surface area contributed by atoms with Crippen LogP contribution in [0.25, 0.3) is 0 Å². The second-order valence-corrected chi connectivity index (χ2v) is 7.46. The Morgan fingerprint density at radius 1 is 1.30 bits per heavy atom. The summed E-state index contributed by atoms with van der Waals surface area (Å²) < 4.78 is 55.7. The van der Waals surface area contributed by atoms with Gasteiger partial charge in [-0.25, -0.2) is 4.79 Å². The van der Waals surface area contributed by atoms with Crippen LogP contribution in [0, 0.1) is 0 Å². The average Bonchev–Trinajstić information content (AvgIpc) is 2.69. The Labute approximate surface area is 157 Å². The van der Waals surface area contributed by atoms with E-state index in [0.717, 1.165) is 18.6 Å². The fourth-order valence-electron chi connectivity index (χ4n) is 2.81. The summed E-state index contributed by atoms with van der Waals surface area (Å²) in [6.45, 7) is 7.74. The second-order valence-electron chi connectivity index (χ2n) is 7.46. The summed E-state index contributed by atoms with van der Waals surface area (Å²) in [7, 11) is 0. The molecule has 8 heteroatoms. The lowest BCUT2D eigenvalue weighted by Gasteiger charge is -2.29. The molecule has 0 saturated heterocycles. The number of fused-ring (bicyclic) bond motifs is 1. The van der Waals surface area contributed by atoms with E-state index in [0.29, 0.717) is 17.7 Å². The zero-order chi connectivity index (χ0) is 20.2. The number of benzene rings is 1. The van der Waals surface area contributed by atoms with E-state index < -0.39 is 35.6 Å². The van der Waals surface area contributed by atoms with Crippen LogP contribution in [0.5, 0.6) is 0 Å². The van der Waals surface area contributed by atoms with Gasteiger partial charge in [0.05, 0.1) is 24.8 Å². The predicted octanol–water partition coefficient (Wildman–Crippen LogP) is 4.60. The van der Waals surface area contributed by atoms with Crippen molar-refractivity contribution < 1.29 is 32.2 Å². The Hall–Kier alpha value is -1.80. The molecule has 0 fully saturated rings. The van der Waals surface area contributed by atoms with Crippen LogP contribution >= 0.6 is 0 Å². The summed E-state index contributed by atoms with van der Waals surface area (Å²) >= 11 is 0. The minimum Gasteiger partial charge on any atom is -0.444 e. The van der Waals surface area contributed by atoms with E-state index in [4.69, 9.17) is 14.2 Å². The highest BCUT2D eigenvalue weighted by Gasteiger charge is 2.35. The lowest BCUT2D eigenvalue weighted by atomic mass is 9.95. The highest BCUT2D eigenvalue weighted by Crippen LogP contribution is 2.34. The van der Waals surface area contributed by atoms with Gasteiger partial charge in [-0.05, 0) is 50.5 Å². The largest absolute Gasteiger partial charge is 0.444 e. The molecular weight excluding hydrogens is 363 g/mol. The number of nitrogens with one attached hydrogen (secondary N) is 1. The number of rotatable bonds is 4. The Balaban J connectivity index is 2.35. The van der Waals surface area contributed by atoms with Crippen LogP contribution in [-0.4, -0.2) is 31.0 Å². The standard InChI is InChI=1S/C19H26F3NO4/c1-5-8-26-15-11-25-10-12-9-13(19(20,21)22)6-7-14(12)16(15)23-17(24)27-18(2,3)4/h6-7,9,15-16H,5,8,10-11H2,1-4H3,(H,23,24). The summed E-state index contributed by atoms with van der Waals surface area (Å²) in [4.78, 5) is 12.3. The lowest BCUT2D eigenvalue weighted by Crippen LogP contribution is -2.42. The van der Waals surface area contributed by atoms with E-state index in [9.17, 15) is 18.0 Å². The molecule has 0 radical (unpaired) electrons. The van der Waals surface area contributed by atoms with Crippen molar-refractivity contribution >= 4 is 6.09 Å². The van der Waals surface area contributed by atoms with Crippen LogP contribution in [0.4, 0.5) is 18.0 Å². The Morgan fingerprint density at radius 3 is 2.59 bits per heavy atom. The molecule has 1 aliphatic heterocycles. The normalized spacial score (nSPS) is 20.6. The third-order valence-electron chi connectivity index (χ3n) is 3.93. The fraction of sp³-hybridized carbons (Fsp3) is 0.632. The molecule has 27 heavy (non-hydrogen) atoms. The molecule has 1 aromatic rings. The molecule has 1 N–H and O–H groups in total. The molecule has 1 heterocycles. The predicted molar refractivity (Wildman–Crippen MR) is 93.2 cm³/mol. The molecule has 0 bridgehead atoms. The van der Waals surface area contributed by atoms with Gasteiger partial charge < -0.3 is 19.5 Å². The van der Waals surface area contributed by atoms with Gasteiger partial charge in [-0.15, -0.1) is 0 Å². The maximum atomic E-state index is 13.0. The molecule has 2 unspecified atom stereocenters. The molecule has 1 aliphatic rings. The Kier molecular flexibility index (Phi) is 6.75. The first kappa shape index (κ1) is 21.5. The Bertz CT molecular complexity index is 655. The second kappa shape index (κ2) is 8.48. The van der Waals surface area contributed by atoms with E-state index in [-0.39, 0.29) is 13.2 Å². The molecule has 0 saturated carbocycles. The summed E-state index contributed by atoms with van der Waals surface area (Å²) in [6, 6.07) is 2.76. The van der Waals surface area contributed by atoms with Crippen LogP contribution in [0.3, 0.4) is 0 Å². The summed E-state index contributed by atoms with van der Waals surface area (Å²) in [5.74, 6) is 0. The van der Waals surface area contributed by atoms with Crippen LogP contribution in [-0.2, 0) is 27.0 Å². The zero-order valence-electron chi connectivity index (χ0n) is 16.0. The molecule has 2 rings (SSSR count). The molecular formula is C19H26F3NO4. The van der Waals surface area contributed by atoms with E-state index in [2.05, 4.69) is 5.32 Å². The SMILES string of the molecule is CCCOC1COCc2cc(C(F)(F)F)ccc2C1NC(=O)OC(C)(C)C. The third-order valence-corrected chi connectivity index (χ3v) is 3.93. The number of alkyl carbamates (subject to hydrolysis) is 1. The topological polar surface area (TPSA) is 56.8 Å². The van der Waals surface area contributed by atoms with Crippen molar-refractivity contribution in [1.29, 1.82) is 0 Å². The molecule has 152 valence electrons. The summed E-state index contributed by atoms with van der Waals surface area (Å²) in [5, 5.41) is 2.74. The van der Waals surface area contributed by atoms with Crippen molar-refractivity contribution in [3.8, 4) is 0 Å². The minimum absolute atomic E-state index is 0.0116. The van der Waals surface area contributed by atoms with Crippen molar-refractivity contribution in [1.82, 2.24) is 5.32 Å². The molecule has 0 spiro atoms. The molecule has 0 aromatic heterocycles. The van der Waals surface area contributed by atoms with Crippen molar-refractivity contribution in [3.05, 3.63) is 34.9 Å².